The molecule has 0 saturated carbocycles. The van der Waals surface area contributed by atoms with E-state index in [4.69, 9.17) is 4.99 Å². The van der Waals surface area contributed by atoms with Crippen molar-refractivity contribution in [1.82, 2.24) is 9.47 Å². The standard InChI is InChI=1S/C24H26BrN3OS/c1-17-6-3-7-18(2)23(17)26-24-28(15-5-14-27-13-4-8-22(27)29)21(16-30-24)19-9-11-20(25)12-10-19/h3,6-7,9-12,16H,4-5,8,13-15H2,1-2H3. The number of nitrogens with zero attached hydrogens (tertiary/aromatic N) is 3. The Hall–Kier alpha value is -2.18. The van der Waals surface area contributed by atoms with Crippen LogP contribution in [0.15, 0.2) is 57.3 Å². The molecule has 0 N–H and O–H groups in total. The molecule has 0 bridgehead atoms. The number of carbonyl (C=O) groups excluding carboxylic acids is 1. The van der Waals surface area contributed by atoms with Crippen molar-refractivity contribution in [1.29, 1.82) is 0 Å². The van der Waals surface area contributed by atoms with Gasteiger partial charge in [0.25, 0.3) is 0 Å². The first-order valence-electron chi connectivity index (χ1n) is 10.4. The topological polar surface area (TPSA) is 37.6 Å². The van der Waals surface area contributed by atoms with Gasteiger partial charge in [0, 0.05) is 35.9 Å². The van der Waals surface area contributed by atoms with Gasteiger partial charge in [0.15, 0.2) is 4.80 Å². The maximum atomic E-state index is 12.0. The average Bonchev–Trinajstić information content (AvgIpc) is 3.32. The zero-order valence-corrected chi connectivity index (χ0v) is 19.8. The minimum absolute atomic E-state index is 0.291. The molecule has 1 aliphatic heterocycles. The summed E-state index contributed by atoms with van der Waals surface area (Å²) >= 11 is 5.20. The van der Waals surface area contributed by atoms with E-state index < -0.39 is 0 Å². The summed E-state index contributed by atoms with van der Waals surface area (Å²) < 4.78 is 3.38. The van der Waals surface area contributed by atoms with Crippen LogP contribution in [0.4, 0.5) is 5.69 Å². The summed E-state index contributed by atoms with van der Waals surface area (Å²) in [5.74, 6) is 0.291. The van der Waals surface area contributed by atoms with E-state index in [1.807, 2.05) is 4.90 Å². The third-order valence-corrected chi connectivity index (χ3v) is 6.96. The molecule has 3 aromatic rings. The first-order chi connectivity index (χ1) is 14.5. The van der Waals surface area contributed by atoms with Crippen LogP contribution in [0.5, 0.6) is 0 Å². The Labute approximate surface area is 190 Å². The molecule has 1 aromatic heterocycles. The molecule has 1 fully saturated rings. The van der Waals surface area contributed by atoms with Crippen LogP contribution < -0.4 is 4.80 Å². The molecule has 1 amide bonds. The monoisotopic (exact) mass is 483 g/mol. The molecule has 4 nitrogen and oxygen atoms in total. The summed E-state index contributed by atoms with van der Waals surface area (Å²) in [5, 5.41) is 2.19. The number of carbonyl (C=O) groups is 1. The van der Waals surface area contributed by atoms with Gasteiger partial charge in [-0.3, -0.25) is 4.79 Å². The lowest BCUT2D eigenvalue weighted by Crippen LogP contribution is -2.27. The normalized spacial score (nSPS) is 14.7. The van der Waals surface area contributed by atoms with Crippen LogP contribution >= 0.6 is 27.3 Å². The number of hydrogen-bond acceptors (Lipinski definition) is 3. The van der Waals surface area contributed by atoms with Gasteiger partial charge in [-0.15, -0.1) is 11.3 Å². The largest absolute Gasteiger partial charge is 0.343 e. The number of amides is 1. The smallest absolute Gasteiger partial charge is 0.222 e. The molecule has 1 aliphatic rings. The van der Waals surface area contributed by atoms with Crippen LogP contribution in [-0.4, -0.2) is 28.5 Å². The van der Waals surface area contributed by atoms with E-state index in [9.17, 15) is 4.79 Å². The van der Waals surface area contributed by atoms with Crippen LogP contribution in [0, 0.1) is 13.8 Å². The number of likely N-dealkylation sites (tertiary alicyclic amines) is 1. The fraction of sp³-hybridized carbons (Fsp3) is 0.333. The predicted octanol–water partition coefficient (Wildman–Crippen LogP) is 5.84. The molecule has 6 heteroatoms. The highest BCUT2D eigenvalue weighted by atomic mass is 79.9. The van der Waals surface area contributed by atoms with Crippen molar-refractivity contribution >= 4 is 38.9 Å². The minimum atomic E-state index is 0.291. The number of thiazole rings is 1. The lowest BCUT2D eigenvalue weighted by molar-refractivity contribution is -0.127. The molecule has 1 saturated heterocycles. The third kappa shape index (κ3) is 4.60. The zero-order valence-electron chi connectivity index (χ0n) is 17.4. The van der Waals surface area contributed by atoms with Crippen LogP contribution in [-0.2, 0) is 11.3 Å². The van der Waals surface area contributed by atoms with Crippen molar-refractivity contribution in [2.75, 3.05) is 13.1 Å². The number of aromatic nitrogens is 1. The number of para-hydroxylation sites is 1. The molecule has 0 radical (unpaired) electrons. The second kappa shape index (κ2) is 9.31. The number of aryl methyl sites for hydroxylation is 2. The van der Waals surface area contributed by atoms with Gasteiger partial charge in [-0.1, -0.05) is 46.3 Å². The Bertz CT molecular complexity index is 1090. The second-order valence-electron chi connectivity index (χ2n) is 7.75. The molecule has 0 spiro atoms. The number of benzene rings is 2. The summed E-state index contributed by atoms with van der Waals surface area (Å²) in [6, 6.07) is 14.7. The second-order valence-corrected chi connectivity index (χ2v) is 9.50. The Balaban J connectivity index is 1.70. The van der Waals surface area contributed by atoms with Gasteiger partial charge in [-0.25, -0.2) is 4.99 Å². The quantitative estimate of drug-likeness (QED) is 0.433. The Morgan fingerprint density at radius 2 is 1.80 bits per heavy atom. The Kier molecular flexibility index (Phi) is 6.54. The van der Waals surface area contributed by atoms with E-state index in [0.29, 0.717) is 12.3 Å². The zero-order chi connectivity index (χ0) is 21.1. The van der Waals surface area contributed by atoms with Gasteiger partial charge < -0.3 is 9.47 Å². The number of hydrogen-bond donors (Lipinski definition) is 0. The van der Waals surface area contributed by atoms with E-state index in [0.717, 1.165) is 47.4 Å². The molecule has 2 aromatic carbocycles. The molecule has 30 heavy (non-hydrogen) atoms. The summed E-state index contributed by atoms with van der Waals surface area (Å²) in [4.78, 5) is 20.0. The molecule has 0 atom stereocenters. The third-order valence-electron chi connectivity index (χ3n) is 5.57. The van der Waals surface area contributed by atoms with E-state index in [1.54, 1.807) is 11.3 Å². The Morgan fingerprint density at radius 3 is 2.47 bits per heavy atom. The van der Waals surface area contributed by atoms with Crippen molar-refractivity contribution in [2.24, 2.45) is 4.99 Å². The highest BCUT2D eigenvalue weighted by Crippen LogP contribution is 2.25. The summed E-state index contributed by atoms with van der Waals surface area (Å²) in [6.07, 6.45) is 2.61. The van der Waals surface area contributed by atoms with Crippen molar-refractivity contribution in [3.63, 3.8) is 0 Å². The summed E-state index contributed by atoms with van der Waals surface area (Å²) in [6.45, 7) is 6.76. The van der Waals surface area contributed by atoms with Gasteiger partial charge in [0.2, 0.25) is 5.91 Å². The fourth-order valence-electron chi connectivity index (χ4n) is 3.92. The van der Waals surface area contributed by atoms with Crippen molar-refractivity contribution in [2.45, 2.75) is 39.7 Å². The van der Waals surface area contributed by atoms with Crippen LogP contribution in [0.2, 0.25) is 0 Å². The van der Waals surface area contributed by atoms with Gasteiger partial charge in [-0.2, -0.15) is 0 Å². The highest BCUT2D eigenvalue weighted by Gasteiger charge is 2.19. The molecule has 0 aliphatic carbocycles. The molecular weight excluding hydrogens is 458 g/mol. The number of rotatable bonds is 6. The fourth-order valence-corrected chi connectivity index (χ4v) is 5.13. The summed E-state index contributed by atoms with van der Waals surface area (Å²) in [5.41, 5.74) is 5.76. The first-order valence-corrected chi connectivity index (χ1v) is 12.0. The predicted molar refractivity (Wildman–Crippen MR) is 127 cm³/mol. The van der Waals surface area contributed by atoms with Crippen LogP contribution in [0.25, 0.3) is 11.3 Å². The van der Waals surface area contributed by atoms with E-state index in [1.165, 1.54) is 22.4 Å². The lowest BCUT2D eigenvalue weighted by Gasteiger charge is -2.16. The van der Waals surface area contributed by atoms with Crippen LogP contribution in [0.1, 0.15) is 30.4 Å². The Morgan fingerprint density at radius 1 is 1.07 bits per heavy atom. The van der Waals surface area contributed by atoms with Crippen molar-refractivity contribution < 1.29 is 4.79 Å². The first kappa shape index (κ1) is 21.1. The van der Waals surface area contributed by atoms with Crippen LogP contribution in [0.3, 0.4) is 0 Å². The minimum Gasteiger partial charge on any atom is -0.343 e. The van der Waals surface area contributed by atoms with Gasteiger partial charge in [0.1, 0.15) is 0 Å². The van der Waals surface area contributed by atoms with Crippen molar-refractivity contribution in [3.8, 4) is 11.3 Å². The van der Waals surface area contributed by atoms with Gasteiger partial charge in [-0.05, 0) is 55.5 Å². The maximum absolute atomic E-state index is 12.0. The van der Waals surface area contributed by atoms with E-state index in [-0.39, 0.29) is 0 Å². The molecule has 2 heterocycles. The maximum Gasteiger partial charge on any atom is 0.222 e. The lowest BCUT2D eigenvalue weighted by atomic mass is 10.1. The van der Waals surface area contributed by atoms with E-state index in [2.05, 4.69) is 82.2 Å². The van der Waals surface area contributed by atoms with Gasteiger partial charge in [0.05, 0.1) is 11.4 Å². The van der Waals surface area contributed by atoms with Gasteiger partial charge >= 0.3 is 0 Å². The van der Waals surface area contributed by atoms with E-state index >= 15 is 0 Å². The van der Waals surface area contributed by atoms with Crippen molar-refractivity contribution in [3.05, 3.63) is 68.2 Å². The molecule has 156 valence electrons. The SMILES string of the molecule is Cc1cccc(C)c1N=c1scc(-c2ccc(Br)cc2)n1CCCN1CCCC1=O. The highest BCUT2D eigenvalue weighted by molar-refractivity contribution is 9.10. The average molecular weight is 484 g/mol. The molecular formula is C24H26BrN3OS. The molecule has 0 unspecified atom stereocenters. The number of halogens is 1. The summed E-state index contributed by atoms with van der Waals surface area (Å²) in [7, 11) is 0. The molecule has 4 rings (SSSR count).